The van der Waals surface area contributed by atoms with Crippen molar-refractivity contribution in [2.75, 3.05) is 6.61 Å². The minimum Gasteiger partial charge on any atom is -0.394 e. The van der Waals surface area contributed by atoms with Crippen molar-refractivity contribution in [3.63, 3.8) is 0 Å². The molecule has 27 heavy (non-hydrogen) atoms. The minimum absolute atomic E-state index is 0.0938. The van der Waals surface area contributed by atoms with Crippen molar-refractivity contribution < 1.29 is 14.9 Å². The smallest absolute Gasteiger partial charge is 0.330 e. The number of nitrogens with one attached hydrogen (secondary N) is 2. The molecule has 4 rings (SSSR count). The SMILES string of the molecule is O=c1[nH]c(=O)n([C@H]2CC(O)[C@@H](CO)O2)cc1/N=N/c1ccc2[nH]nnc2c1. The predicted octanol–water partition coefficient (Wildman–Crippen LogP) is -0.136. The fraction of sp³-hybridized carbons (Fsp3) is 0.333. The number of nitrogens with zero attached hydrogens (tertiary/aromatic N) is 5. The zero-order valence-corrected chi connectivity index (χ0v) is 13.8. The van der Waals surface area contributed by atoms with Crippen LogP contribution in [0.4, 0.5) is 11.4 Å². The summed E-state index contributed by atoms with van der Waals surface area (Å²) in [6, 6.07) is 5.02. The average Bonchev–Trinajstić information content (AvgIpc) is 3.26. The molecule has 1 aliphatic heterocycles. The average molecular weight is 373 g/mol. The number of rotatable bonds is 4. The van der Waals surface area contributed by atoms with Crippen LogP contribution in [0.1, 0.15) is 12.6 Å². The molecule has 0 spiro atoms. The molecule has 1 aromatic carbocycles. The van der Waals surface area contributed by atoms with Gasteiger partial charge < -0.3 is 14.9 Å². The van der Waals surface area contributed by atoms with Crippen LogP contribution in [0.25, 0.3) is 11.0 Å². The molecular weight excluding hydrogens is 358 g/mol. The van der Waals surface area contributed by atoms with Crippen LogP contribution in [0, 0.1) is 0 Å². The Morgan fingerprint density at radius 1 is 1.33 bits per heavy atom. The van der Waals surface area contributed by atoms with Crippen LogP contribution in [-0.2, 0) is 4.74 Å². The maximum absolute atomic E-state index is 12.1. The van der Waals surface area contributed by atoms with Crippen molar-refractivity contribution in [3.05, 3.63) is 45.2 Å². The summed E-state index contributed by atoms with van der Waals surface area (Å²) >= 11 is 0. The lowest BCUT2D eigenvalue weighted by molar-refractivity contribution is -0.0458. The van der Waals surface area contributed by atoms with Crippen LogP contribution in [0.5, 0.6) is 0 Å². The van der Waals surface area contributed by atoms with E-state index in [1.165, 1.54) is 6.20 Å². The largest absolute Gasteiger partial charge is 0.394 e. The Hall–Kier alpha value is -3.22. The van der Waals surface area contributed by atoms with E-state index >= 15 is 0 Å². The summed E-state index contributed by atoms with van der Waals surface area (Å²) in [4.78, 5) is 26.2. The first kappa shape index (κ1) is 17.2. The lowest BCUT2D eigenvalue weighted by Gasteiger charge is -2.14. The van der Waals surface area contributed by atoms with Crippen LogP contribution in [0.2, 0.25) is 0 Å². The number of benzene rings is 1. The van der Waals surface area contributed by atoms with E-state index < -0.39 is 29.7 Å². The highest BCUT2D eigenvalue weighted by atomic mass is 16.5. The van der Waals surface area contributed by atoms with E-state index in [4.69, 9.17) is 9.84 Å². The highest BCUT2D eigenvalue weighted by Gasteiger charge is 2.35. The van der Waals surface area contributed by atoms with Crippen LogP contribution in [0.3, 0.4) is 0 Å². The summed E-state index contributed by atoms with van der Waals surface area (Å²) in [7, 11) is 0. The normalized spacial score (nSPS) is 22.8. The second-order valence-corrected chi connectivity index (χ2v) is 6.01. The van der Waals surface area contributed by atoms with Crippen molar-refractivity contribution in [1.29, 1.82) is 0 Å². The van der Waals surface area contributed by atoms with E-state index in [1.807, 2.05) is 0 Å². The molecule has 0 saturated carbocycles. The lowest BCUT2D eigenvalue weighted by Crippen LogP contribution is -2.32. The Labute approximate surface area is 150 Å². The maximum atomic E-state index is 12.1. The van der Waals surface area contributed by atoms with Gasteiger partial charge in [-0.25, -0.2) is 4.79 Å². The molecule has 12 nitrogen and oxygen atoms in total. The van der Waals surface area contributed by atoms with Gasteiger partial charge in [0.15, 0.2) is 5.69 Å². The molecule has 0 amide bonds. The number of ether oxygens (including phenoxy) is 1. The highest BCUT2D eigenvalue weighted by molar-refractivity contribution is 5.76. The van der Waals surface area contributed by atoms with E-state index in [2.05, 4.69) is 30.6 Å². The van der Waals surface area contributed by atoms with Gasteiger partial charge in [-0.3, -0.25) is 19.4 Å². The number of aliphatic hydroxyl groups is 2. The molecule has 140 valence electrons. The minimum atomic E-state index is -0.918. The molecule has 1 unspecified atom stereocenters. The molecule has 0 aliphatic carbocycles. The van der Waals surface area contributed by atoms with Gasteiger partial charge in [-0.2, -0.15) is 5.11 Å². The number of azo groups is 1. The Morgan fingerprint density at radius 2 is 2.19 bits per heavy atom. The van der Waals surface area contributed by atoms with Crippen LogP contribution >= 0.6 is 0 Å². The standard InChI is InChI=1S/C15H15N7O5/c23-6-12-11(24)4-13(27-12)22-5-10(14(25)16-15(22)26)18-17-7-1-2-8-9(3-7)20-21-19-8/h1-3,5,11-13,23-24H,4,6H2,(H,16,25,26)(H,19,20,21)/b18-17+/t11?,12-,13-/m1/s1. The van der Waals surface area contributed by atoms with Crippen molar-refractivity contribution in [2.45, 2.75) is 24.9 Å². The van der Waals surface area contributed by atoms with Crippen molar-refractivity contribution in [2.24, 2.45) is 10.2 Å². The molecule has 0 radical (unpaired) electrons. The van der Waals surface area contributed by atoms with Gasteiger partial charge in [0.05, 0.1) is 23.9 Å². The van der Waals surface area contributed by atoms with Gasteiger partial charge in [-0.1, -0.05) is 5.21 Å². The number of H-pyrrole nitrogens is 2. The fourth-order valence-corrected chi connectivity index (χ4v) is 2.81. The van der Waals surface area contributed by atoms with E-state index in [0.29, 0.717) is 11.2 Å². The molecule has 12 heteroatoms. The Bertz CT molecular complexity index is 1120. The summed E-state index contributed by atoms with van der Waals surface area (Å²) in [6.45, 7) is -0.382. The third-order valence-electron chi connectivity index (χ3n) is 4.23. The van der Waals surface area contributed by atoms with E-state index in [1.54, 1.807) is 18.2 Å². The van der Waals surface area contributed by atoms with Gasteiger partial charge in [0.25, 0.3) is 5.56 Å². The second kappa shape index (κ2) is 6.83. The topological polar surface area (TPSA) is 171 Å². The zero-order chi connectivity index (χ0) is 19.0. The highest BCUT2D eigenvalue weighted by Crippen LogP contribution is 2.28. The molecule has 2 aromatic heterocycles. The maximum Gasteiger partial charge on any atom is 0.330 e. The number of hydrogen-bond donors (Lipinski definition) is 4. The molecule has 3 atom stereocenters. The van der Waals surface area contributed by atoms with Crippen LogP contribution < -0.4 is 11.2 Å². The monoisotopic (exact) mass is 373 g/mol. The van der Waals surface area contributed by atoms with Gasteiger partial charge in [-0.15, -0.1) is 10.2 Å². The van der Waals surface area contributed by atoms with Crippen molar-refractivity contribution in [3.8, 4) is 0 Å². The number of aliphatic hydroxyl groups excluding tert-OH is 2. The summed E-state index contributed by atoms with van der Waals surface area (Å²) < 4.78 is 6.54. The van der Waals surface area contributed by atoms with Gasteiger partial charge in [0.1, 0.15) is 17.8 Å². The van der Waals surface area contributed by atoms with Gasteiger partial charge >= 0.3 is 5.69 Å². The number of aromatic nitrogens is 5. The second-order valence-electron chi connectivity index (χ2n) is 6.01. The first-order valence-electron chi connectivity index (χ1n) is 8.07. The lowest BCUT2D eigenvalue weighted by atomic mass is 10.2. The van der Waals surface area contributed by atoms with Gasteiger partial charge in [0, 0.05) is 12.6 Å². The molecule has 0 bridgehead atoms. The summed E-state index contributed by atoms with van der Waals surface area (Å²) in [5.41, 5.74) is 0.241. The first-order chi connectivity index (χ1) is 13.0. The molecule has 1 saturated heterocycles. The molecule has 1 aliphatic rings. The first-order valence-corrected chi connectivity index (χ1v) is 8.07. The van der Waals surface area contributed by atoms with Crippen molar-refractivity contribution in [1.82, 2.24) is 25.0 Å². The zero-order valence-electron chi connectivity index (χ0n) is 13.8. The Kier molecular flexibility index (Phi) is 4.35. The number of fused-ring (bicyclic) bond motifs is 1. The van der Waals surface area contributed by atoms with Crippen molar-refractivity contribution >= 4 is 22.4 Å². The fourth-order valence-electron chi connectivity index (χ4n) is 2.81. The third kappa shape index (κ3) is 3.28. The van der Waals surface area contributed by atoms with E-state index in [-0.39, 0.29) is 18.7 Å². The third-order valence-corrected chi connectivity index (χ3v) is 4.23. The Balaban J connectivity index is 1.65. The molecule has 3 heterocycles. The van der Waals surface area contributed by atoms with Crippen LogP contribution in [-0.4, -0.2) is 54.0 Å². The molecule has 1 fully saturated rings. The number of hydrogen-bond acceptors (Lipinski definition) is 9. The van der Waals surface area contributed by atoms with E-state index in [9.17, 15) is 14.7 Å². The molecular formula is C15H15N7O5. The summed E-state index contributed by atoms with van der Waals surface area (Å²) in [6.07, 6.45) is -1.25. The molecule has 4 N–H and O–H groups in total. The predicted molar refractivity (Wildman–Crippen MR) is 91.0 cm³/mol. The summed E-state index contributed by atoms with van der Waals surface area (Å²) in [5.74, 6) is 0. The van der Waals surface area contributed by atoms with E-state index in [0.717, 1.165) is 10.1 Å². The van der Waals surface area contributed by atoms with Crippen LogP contribution in [0.15, 0.2) is 44.2 Å². The van der Waals surface area contributed by atoms with Gasteiger partial charge in [-0.05, 0) is 18.2 Å². The van der Waals surface area contributed by atoms with Gasteiger partial charge in [0.2, 0.25) is 0 Å². The Morgan fingerprint density at radius 3 is 2.96 bits per heavy atom. The summed E-state index contributed by atoms with van der Waals surface area (Å²) in [5, 5.41) is 37.1. The quantitative estimate of drug-likeness (QED) is 0.461. The molecule has 3 aromatic rings. The number of aromatic amines is 2.